The lowest BCUT2D eigenvalue weighted by Crippen LogP contribution is -2.04. The van der Waals surface area contributed by atoms with Crippen molar-refractivity contribution in [2.24, 2.45) is 0 Å². The number of benzene rings is 4. The Morgan fingerprint density at radius 2 is 1.29 bits per heavy atom. The first-order valence-corrected chi connectivity index (χ1v) is 13.4. The van der Waals surface area contributed by atoms with Crippen molar-refractivity contribution in [3.63, 3.8) is 0 Å². The second-order valence-electron chi connectivity index (χ2n) is 10.0. The second-order valence-corrected chi connectivity index (χ2v) is 10.0. The summed E-state index contributed by atoms with van der Waals surface area (Å²) in [4.78, 5) is 0. The lowest BCUT2D eigenvalue weighted by molar-refractivity contribution is 0.617. The van der Waals surface area contributed by atoms with Crippen molar-refractivity contribution in [1.82, 2.24) is 0 Å². The molecule has 2 aliphatic carbocycles. The van der Waals surface area contributed by atoms with Crippen LogP contribution in [0.1, 0.15) is 70.2 Å². The van der Waals surface area contributed by atoms with E-state index in [1.54, 1.807) is 12.1 Å². The standard InChI is InChI=1S/C18H19F.C17H12FN/c1-2-5-17-16-7-4-3-6-13(16)8-9-14-10-11-15(19)12-18(14)17;18-14-8-7-13-6-5-12-3-1-2-4-15(12)16(9-10-19)17(13)11-14/h3-4,6-7,10-12,17H,2,5,8-9H2,1H3;1-4,7-9,11H,5-6H2/b;16-9+. The van der Waals surface area contributed by atoms with E-state index in [1.807, 2.05) is 30.3 Å². The Morgan fingerprint density at radius 1 is 0.711 bits per heavy atom. The number of fused-ring (bicyclic) bond motifs is 4. The van der Waals surface area contributed by atoms with Gasteiger partial charge in [-0.2, -0.15) is 5.26 Å². The van der Waals surface area contributed by atoms with Crippen molar-refractivity contribution in [1.29, 1.82) is 5.26 Å². The summed E-state index contributed by atoms with van der Waals surface area (Å²) in [6.07, 6.45) is 7.60. The maximum absolute atomic E-state index is 13.6. The monoisotopic (exact) mass is 503 g/mol. The Kier molecular flexibility index (Phi) is 7.80. The van der Waals surface area contributed by atoms with E-state index in [0.29, 0.717) is 5.92 Å². The molecule has 1 nitrogen and oxygen atoms in total. The highest BCUT2D eigenvalue weighted by Gasteiger charge is 2.23. The Morgan fingerprint density at radius 3 is 2.03 bits per heavy atom. The average molecular weight is 504 g/mol. The molecule has 0 fully saturated rings. The maximum Gasteiger partial charge on any atom is 0.123 e. The smallest absolute Gasteiger partial charge is 0.123 e. The van der Waals surface area contributed by atoms with Crippen molar-refractivity contribution < 1.29 is 8.78 Å². The number of rotatable bonds is 2. The normalized spacial score (nSPS) is 16.4. The Hall–Kier alpha value is -4.03. The zero-order chi connectivity index (χ0) is 26.5. The van der Waals surface area contributed by atoms with E-state index in [4.69, 9.17) is 5.26 Å². The summed E-state index contributed by atoms with van der Waals surface area (Å²) in [5.41, 5.74) is 10.3. The molecule has 0 amide bonds. The highest BCUT2D eigenvalue weighted by molar-refractivity contribution is 5.85. The summed E-state index contributed by atoms with van der Waals surface area (Å²) in [6, 6.07) is 28.9. The van der Waals surface area contributed by atoms with Crippen molar-refractivity contribution >= 4 is 5.57 Å². The summed E-state index contributed by atoms with van der Waals surface area (Å²) in [7, 11) is 0. The SMILES string of the molecule is CCCC1c2ccccc2CCc2ccc(F)cc21.N#C/C=C1\c2ccccc2CCc2ccc(F)cc21. The summed E-state index contributed by atoms with van der Waals surface area (Å²) in [6.45, 7) is 2.20. The van der Waals surface area contributed by atoms with Crippen LogP contribution in [0.15, 0.2) is 91.0 Å². The molecule has 38 heavy (non-hydrogen) atoms. The van der Waals surface area contributed by atoms with Gasteiger partial charge in [0.15, 0.2) is 0 Å². The molecule has 0 N–H and O–H groups in total. The molecule has 1 unspecified atom stereocenters. The fourth-order valence-corrected chi connectivity index (χ4v) is 5.91. The highest BCUT2D eigenvalue weighted by Crippen LogP contribution is 2.37. The number of nitrogens with zero attached hydrogens (tertiary/aromatic N) is 1. The number of hydrogen-bond acceptors (Lipinski definition) is 1. The zero-order valence-corrected chi connectivity index (χ0v) is 21.7. The summed E-state index contributed by atoms with van der Waals surface area (Å²) >= 11 is 0. The van der Waals surface area contributed by atoms with Crippen LogP contribution in [0.3, 0.4) is 0 Å². The van der Waals surface area contributed by atoms with Gasteiger partial charge in [0.2, 0.25) is 0 Å². The van der Waals surface area contributed by atoms with E-state index in [-0.39, 0.29) is 11.6 Å². The minimum Gasteiger partial charge on any atom is -0.207 e. The Balaban J connectivity index is 0.000000155. The zero-order valence-electron chi connectivity index (χ0n) is 21.7. The second kappa shape index (κ2) is 11.6. The largest absolute Gasteiger partial charge is 0.207 e. The van der Waals surface area contributed by atoms with E-state index in [1.165, 1.54) is 46.0 Å². The van der Waals surface area contributed by atoms with Crippen LogP contribution in [0.25, 0.3) is 5.57 Å². The predicted molar refractivity (Wildman–Crippen MR) is 150 cm³/mol. The molecule has 2 aliphatic rings. The summed E-state index contributed by atoms with van der Waals surface area (Å²) < 4.78 is 27.1. The molecule has 0 saturated heterocycles. The minimum atomic E-state index is -0.262. The third kappa shape index (κ3) is 5.31. The molecule has 0 saturated carbocycles. The van der Waals surface area contributed by atoms with E-state index in [2.05, 4.69) is 43.3 Å². The quantitative estimate of drug-likeness (QED) is 0.251. The Bertz CT molecular complexity index is 1530. The molecule has 0 aliphatic heterocycles. The van der Waals surface area contributed by atoms with Gasteiger partial charge in [-0.15, -0.1) is 0 Å². The van der Waals surface area contributed by atoms with Gasteiger partial charge in [-0.05, 0) is 106 Å². The fraction of sp³-hybridized carbons (Fsp3) is 0.229. The molecular weight excluding hydrogens is 472 g/mol. The highest BCUT2D eigenvalue weighted by atomic mass is 19.1. The molecule has 0 spiro atoms. The summed E-state index contributed by atoms with van der Waals surface area (Å²) in [5, 5.41) is 9.01. The van der Waals surface area contributed by atoms with Crippen molar-refractivity contribution in [3.05, 3.63) is 147 Å². The average Bonchev–Trinajstić information content (AvgIpc) is 3.18. The van der Waals surface area contributed by atoms with Gasteiger partial charge in [-0.25, -0.2) is 8.78 Å². The van der Waals surface area contributed by atoms with Gasteiger partial charge in [0.25, 0.3) is 0 Å². The molecule has 0 bridgehead atoms. The molecule has 190 valence electrons. The van der Waals surface area contributed by atoms with E-state index in [0.717, 1.165) is 60.8 Å². The first-order valence-electron chi connectivity index (χ1n) is 13.4. The fourth-order valence-electron chi connectivity index (χ4n) is 5.91. The van der Waals surface area contributed by atoms with Crippen molar-refractivity contribution in [2.45, 2.75) is 51.4 Å². The van der Waals surface area contributed by atoms with Crippen LogP contribution in [0.4, 0.5) is 8.78 Å². The molecule has 4 aromatic rings. The van der Waals surface area contributed by atoms with Gasteiger partial charge in [-0.1, -0.05) is 74.0 Å². The summed E-state index contributed by atoms with van der Waals surface area (Å²) in [5.74, 6) is -0.0180. The van der Waals surface area contributed by atoms with Crippen molar-refractivity contribution in [3.8, 4) is 6.07 Å². The van der Waals surface area contributed by atoms with Crippen LogP contribution in [0.5, 0.6) is 0 Å². The van der Waals surface area contributed by atoms with Gasteiger partial charge >= 0.3 is 0 Å². The lowest BCUT2D eigenvalue weighted by atomic mass is 9.85. The molecule has 3 heteroatoms. The van der Waals surface area contributed by atoms with E-state index >= 15 is 0 Å². The van der Waals surface area contributed by atoms with Crippen LogP contribution in [-0.2, 0) is 25.7 Å². The molecule has 0 aromatic heterocycles. The van der Waals surface area contributed by atoms with Gasteiger partial charge in [-0.3, -0.25) is 0 Å². The number of aryl methyl sites for hydroxylation is 4. The lowest BCUT2D eigenvalue weighted by Gasteiger charge is -2.19. The van der Waals surface area contributed by atoms with E-state index < -0.39 is 0 Å². The molecule has 4 aromatic carbocycles. The maximum atomic E-state index is 13.6. The molecule has 6 rings (SSSR count). The number of nitriles is 1. The topological polar surface area (TPSA) is 23.8 Å². The molecule has 0 radical (unpaired) electrons. The number of allylic oxidation sites excluding steroid dienone is 1. The van der Waals surface area contributed by atoms with Gasteiger partial charge in [0.1, 0.15) is 11.6 Å². The first-order chi connectivity index (χ1) is 18.6. The van der Waals surface area contributed by atoms with E-state index in [9.17, 15) is 8.78 Å². The third-order valence-electron chi connectivity index (χ3n) is 7.70. The molecule has 0 heterocycles. The van der Waals surface area contributed by atoms with Crippen molar-refractivity contribution in [2.75, 3.05) is 0 Å². The molecular formula is C35H31F2N. The van der Waals surface area contributed by atoms with Gasteiger partial charge in [0, 0.05) is 12.0 Å². The number of halogens is 2. The van der Waals surface area contributed by atoms with Gasteiger partial charge in [0.05, 0.1) is 6.07 Å². The van der Waals surface area contributed by atoms with Gasteiger partial charge < -0.3 is 0 Å². The number of hydrogen-bond donors (Lipinski definition) is 0. The van der Waals surface area contributed by atoms with Crippen LogP contribution in [0.2, 0.25) is 0 Å². The molecule has 1 atom stereocenters. The van der Waals surface area contributed by atoms with Crippen LogP contribution >= 0.6 is 0 Å². The van der Waals surface area contributed by atoms with Crippen LogP contribution in [-0.4, -0.2) is 0 Å². The van der Waals surface area contributed by atoms with Crippen LogP contribution < -0.4 is 0 Å². The Labute approximate surface area is 224 Å². The minimum absolute atomic E-state index is 0.112. The van der Waals surface area contributed by atoms with Crippen LogP contribution in [0, 0.1) is 23.0 Å². The first kappa shape index (κ1) is 25.6. The third-order valence-corrected chi connectivity index (χ3v) is 7.70. The predicted octanol–water partition coefficient (Wildman–Crippen LogP) is 8.74.